The van der Waals surface area contributed by atoms with Crippen LogP contribution in [0, 0.1) is 0 Å². The van der Waals surface area contributed by atoms with Crippen molar-refractivity contribution >= 4 is 39.1 Å². The molecule has 0 fully saturated rings. The molecule has 1 atom stereocenters. The van der Waals surface area contributed by atoms with Crippen LogP contribution < -0.4 is 19.1 Å². The lowest BCUT2D eigenvalue weighted by Crippen LogP contribution is -2.52. The lowest BCUT2D eigenvalue weighted by Gasteiger charge is -2.33. The van der Waals surface area contributed by atoms with Crippen LogP contribution in [0.3, 0.4) is 0 Å². The predicted octanol–water partition coefficient (Wildman–Crippen LogP) is 4.50. The van der Waals surface area contributed by atoms with Gasteiger partial charge in [-0.05, 0) is 73.5 Å². The highest BCUT2D eigenvalue weighted by molar-refractivity contribution is 7.92. The molecule has 0 saturated heterocycles. The molecule has 0 bridgehead atoms. The van der Waals surface area contributed by atoms with E-state index in [1.54, 1.807) is 63.4 Å². The molecule has 0 aliphatic rings. The highest BCUT2D eigenvalue weighted by Gasteiger charge is 2.33. The molecule has 11 heteroatoms. The van der Waals surface area contributed by atoms with E-state index < -0.39 is 28.5 Å². The minimum atomic E-state index is -4.21. The molecule has 0 aromatic heterocycles. The number of nitrogens with one attached hydrogen (secondary N) is 1. The Morgan fingerprint density at radius 2 is 1.52 bits per heavy atom. The Kier molecular flexibility index (Phi) is 10.8. The first-order valence-corrected chi connectivity index (χ1v) is 14.6. The van der Waals surface area contributed by atoms with Crippen LogP contribution in [0.15, 0.2) is 77.7 Å². The lowest BCUT2D eigenvalue weighted by atomic mass is 10.1. The van der Waals surface area contributed by atoms with Gasteiger partial charge >= 0.3 is 0 Å². The molecule has 9 nitrogen and oxygen atoms in total. The monoisotopic (exact) mass is 587 g/mol. The topological polar surface area (TPSA) is 105 Å². The molecule has 0 heterocycles. The average Bonchev–Trinajstić information content (AvgIpc) is 2.96. The number of hydrogen-bond donors (Lipinski definition) is 1. The maximum atomic E-state index is 14.0. The zero-order valence-corrected chi connectivity index (χ0v) is 24.5. The molecule has 0 aliphatic carbocycles. The summed E-state index contributed by atoms with van der Waals surface area (Å²) in [5.74, 6) is 0.267. The zero-order chi connectivity index (χ0) is 29.3. The summed E-state index contributed by atoms with van der Waals surface area (Å²) in [6, 6.07) is 18.4. The second-order valence-electron chi connectivity index (χ2n) is 8.86. The minimum absolute atomic E-state index is 0.0291. The van der Waals surface area contributed by atoms with E-state index in [0.717, 1.165) is 9.87 Å². The van der Waals surface area contributed by atoms with Gasteiger partial charge in [0.25, 0.3) is 10.0 Å². The van der Waals surface area contributed by atoms with Crippen molar-refractivity contribution < 1.29 is 27.5 Å². The van der Waals surface area contributed by atoms with Gasteiger partial charge in [0.15, 0.2) is 0 Å². The number of rotatable bonds is 13. The van der Waals surface area contributed by atoms with Crippen molar-refractivity contribution in [3.8, 4) is 11.5 Å². The number of carbonyl (C=O) groups is 2. The van der Waals surface area contributed by atoms with Crippen LogP contribution in [-0.4, -0.2) is 58.5 Å². The Hall–Kier alpha value is -3.76. The molecule has 3 aromatic rings. The van der Waals surface area contributed by atoms with Crippen LogP contribution in [-0.2, 0) is 26.2 Å². The van der Waals surface area contributed by atoms with Gasteiger partial charge < -0.3 is 19.7 Å². The van der Waals surface area contributed by atoms with E-state index in [0.29, 0.717) is 29.5 Å². The Morgan fingerprint density at radius 1 is 0.925 bits per heavy atom. The molecule has 0 unspecified atom stereocenters. The zero-order valence-electron chi connectivity index (χ0n) is 23.0. The second kappa shape index (κ2) is 14.0. The number of halogens is 1. The highest BCUT2D eigenvalue weighted by Crippen LogP contribution is 2.28. The SMILES string of the molecule is CCNC(=O)[C@H](CC)N(Cc1ccc(OC)cc1)C(=O)CN(c1cccc(Cl)c1)S(=O)(=O)c1ccc(OC)cc1. The summed E-state index contributed by atoms with van der Waals surface area (Å²) in [5, 5.41) is 3.09. The summed E-state index contributed by atoms with van der Waals surface area (Å²) in [6.45, 7) is 3.52. The molecule has 0 aliphatic heterocycles. The van der Waals surface area contributed by atoms with Gasteiger partial charge in [0.1, 0.15) is 24.1 Å². The molecule has 0 saturated carbocycles. The van der Waals surface area contributed by atoms with Gasteiger partial charge in [-0.2, -0.15) is 0 Å². The normalized spacial score (nSPS) is 11.8. The van der Waals surface area contributed by atoms with Gasteiger partial charge in [-0.3, -0.25) is 13.9 Å². The van der Waals surface area contributed by atoms with E-state index in [9.17, 15) is 18.0 Å². The number of sulfonamides is 1. The molecule has 2 amide bonds. The fourth-order valence-electron chi connectivity index (χ4n) is 4.17. The smallest absolute Gasteiger partial charge is 0.264 e. The Bertz CT molecular complexity index is 1400. The highest BCUT2D eigenvalue weighted by atomic mass is 35.5. The average molecular weight is 588 g/mol. The summed E-state index contributed by atoms with van der Waals surface area (Å²) in [4.78, 5) is 28.4. The number of methoxy groups -OCH3 is 2. The Balaban J connectivity index is 2.05. The first-order valence-electron chi connectivity index (χ1n) is 12.8. The third-order valence-electron chi connectivity index (χ3n) is 6.27. The molecule has 214 valence electrons. The van der Waals surface area contributed by atoms with Gasteiger partial charge in [-0.15, -0.1) is 0 Å². The van der Waals surface area contributed by atoms with Crippen molar-refractivity contribution in [2.75, 3.05) is 31.6 Å². The number of amides is 2. The van der Waals surface area contributed by atoms with Crippen LogP contribution in [0.25, 0.3) is 0 Å². The number of likely N-dealkylation sites (N-methyl/N-ethyl adjacent to an activating group) is 1. The number of carbonyl (C=O) groups excluding carboxylic acids is 2. The van der Waals surface area contributed by atoms with Crippen molar-refractivity contribution in [1.82, 2.24) is 10.2 Å². The van der Waals surface area contributed by atoms with Crippen molar-refractivity contribution in [3.05, 3.63) is 83.4 Å². The number of nitrogens with zero attached hydrogens (tertiary/aromatic N) is 2. The minimum Gasteiger partial charge on any atom is -0.497 e. The molecule has 0 spiro atoms. The van der Waals surface area contributed by atoms with E-state index in [1.807, 2.05) is 0 Å². The molecule has 0 radical (unpaired) electrons. The summed E-state index contributed by atoms with van der Waals surface area (Å²) < 4.78 is 39.2. The second-order valence-corrected chi connectivity index (χ2v) is 11.2. The predicted molar refractivity (Wildman–Crippen MR) is 155 cm³/mol. The summed E-state index contributed by atoms with van der Waals surface area (Å²) in [5.41, 5.74) is 0.969. The number of ether oxygens (including phenoxy) is 2. The first kappa shape index (κ1) is 30.8. The quantitative estimate of drug-likeness (QED) is 0.316. The van der Waals surface area contributed by atoms with Crippen LogP contribution in [0.1, 0.15) is 25.8 Å². The van der Waals surface area contributed by atoms with Crippen molar-refractivity contribution in [2.24, 2.45) is 0 Å². The van der Waals surface area contributed by atoms with E-state index in [4.69, 9.17) is 21.1 Å². The van der Waals surface area contributed by atoms with Gasteiger partial charge in [0.2, 0.25) is 11.8 Å². The standard InChI is InChI=1S/C29H34ClN3O6S/c1-5-27(29(35)31-6-2)32(19-21-10-12-24(38-3)13-11-21)28(34)20-33(23-9-7-8-22(30)18-23)40(36,37)26-16-14-25(39-4)15-17-26/h7-18,27H,5-6,19-20H2,1-4H3,(H,31,35)/t27-/m0/s1. The number of hydrogen-bond acceptors (Lipinski definition) is 6. The number of anilines is 1. The largest absolute Gasteiger partial charge is 0.497 e. The molecule has 3 aromatic carbocycles. The maximum absolute atomic E-state index is 14.0. The van der Waals surface area contributed by atoms with E-state index in [2.05, 4.69) is 5.32 Å². The Labute approximate surface area is 240 Å². The lowest BCUT2D eigenvalue weighted by molar-refractivity contribution is -0.140. The van der Waals surface area contributed by atoms with Gasteiger partial charge in [0, 0.05) is 18.1 Å². The number of benzene rings is 3. The molecule has 40 heavy (non-hydrogen) atoms. The molecular weight excluding hydrogens is 554 g/mol. The third-order valence-corrected chi connectivity index (χ3v) is 8.29. The molecule has 3 rings (SSSR count). The van der Waals surface area contributed by atoms with Crippen LogP contribution in [0.2, 0.25) is 5.02 Å². The fraction of sp³-hybridized carbons (Fsp3) is 0.310. The summed E-state index contributed by atoms with van der Waals surface area (Å²) in [6.07, 6.45) is 0.329. The van der Waals surface area contributed by atoms with Crippen LogP contribution in [0.4, 0.5) is 5.69 Å². The van der Waals surface area contributed by atoms with Gasteiger partial charge in [0.05, 0.1) is 24.8 Å². The van der Waals surface area contributed by atoms with E-state index in [-0.39, 0.29) is 23.0 Å². The van der Waals surface area contributed by atoms with Gasteiger partial charge in [-0.1, -0.05) is 36.7 Å². The van der Waals surface area contributed by atoms with Crippen LogP contribution >= 0.6 is 11.6 Å². The van der Waals surface area contributed by atoms with E-state index in [1.165, 1.54) is 42.3 Å². The summed E-state index contributed by atoms with van der Waals surface area (Å²) >= 11 is 6.21. The maximum Gasteiger partial charge on any atom is 0.264 e. The van der Waals surface area contributed by atoms with Crippen molar-refractivity contribution in [3.63, 3.8) is 0 Å². The molecule has 1 N–H and O–H groups in total. The third kappa shape index (κ3) is 7.45. The summed E-state index contributed by atoms with van der Waals surface area (Å²) in [7, 11) is -1.18. The first-order chi connectivity index (χ1) is 19.1. The molecular formula is C29H34ClN3O6S. The van der Waals surface area contributed by atoms with Crippen molar-refractivity contribution in [2.45, 2.75) is 37.8 Å². The fourth-order valence-corrected chi connectivity index (χ4v) is 5.76. The van der Waals surface area contributed by atoms with Crippen molar-refractivity contribution in [1.29, 1.82) is 0 Å². The Morgan fingerprint density at radius 3 is 2.05 bits per heavy atom. The van der Waals surface area contributed by atoms with Crippen LogP contribution in [0.5, 0.6) is 11.5 Å². The van der Waals surface area contributed by atoms with E-state index >= 15 is 0 Å². The van der Waals surface area contributed by atoms with Gasteiger partial charge in [-0.25, -0.2) is 8.42 Å².